The summed E-state index contributed by atoms with van der Waals surface area (Å²) in [5.74, 6) is -0.0130. The van der Waals surface area contributed by atoms with Crippen molar-refractivity contribution in [3.63, 3.8) is 0 Å². The molecule has 0 saturated heterocycles. The molecule has 17 heavy (non-hydrogen) atoms. The van der Waals surface area contributed by atoms with Gasteiger partial charge in [-0.15, -0.1) is 11.3 Å². The van der Waals surface area contributed by atoms with Crippen LogP contribution in [0.4, 0.5) is 0 Å². The predicted octanol–water partition coefficient (Wildman–Crippen LogP) is 0.612. The highest BCUT2D eigenvalue weighted by molar-refractivity contribution is 7.11. The molecule has 1 rings (SSSR count). The van der Waals surface area contributed by atoms with Gasteiger partial charge in [0.15, 0.2) is 0 Å². The molecular weight excluding hydrogens is 238 g/mol. The molecule has 1 aromatic heterocycles. The molecule has 0 fully saturated rings. The number of amides is 1. The first-order chi connectivity index (χ1) is 8.13. The molecule has 6 heteroatoms. The van der Waals surface area contributed by atoms with Gasteiger partial charge in [0.05, 0.1) is 23.9 Å². The summed E-state index contributed by atoms with van der Waals surface area (Å²) in [4.78, 5) is 16.9. The Kier molecular flexibility index (Phi) is 6.10. The van der Waals surface area contributed by atoms with Gasteiger partial charge in [0.25, 0.3) is 0 Å². The third-order valence-electron chi connectivity index (χ3n) is 2.20. The summed E-state index contributed by atoms with van der Waals surface area (Å²) < 4.78 is 4.84. The van der Waals surface area contributed by atoms with E-state index in [1.54, 1.807) is 18.4 Å². The van der Waals surface area contributed by atoms with Gasteiger partial charge in [-0.25, -0.2) is 4.98 Å². The molecule has 96 valence electrons. The number of rotatable bonds is 7. The summed E-state index contributed by atoms with van der Waals surface area (Å²) >= 11 is 1.66. The molecule has 0 aromatic carbocycles. The fraction of sp³-hybridized carbons (Fsp3) is 0.636. The smallest absolute Gasteiger partial charge is 0.234 e. The summed E-state index contributed by atoms with van der Waals surface area (Å²) in [6.07, 6.45) is 0. The van der Waals surface area contributed by atoms with Crippen LogP contribution < -0.4 is 10.6 Å². The zero-order chi connectivity index (χ0) is 12.7. The Hall–Kier alpha value is -0.980. The lowest BCUT2D eigenvalue weighted by Crippen LogP contribution is -2.35. The van der Waals surface area contributed by atoms with Gasteiger partial charge in [-0.3, -0.25) is 4.79 Å². The Morgan fingerprint density at radius 2 is 2.24 bits per heavy atom. The number of nitrogens with one attached hydrogen (secondary N) is 2. The van der Waals surface area contributed by atoms with E-state index < -0.39 is 0 Å². The van der Waals surface area contributed by atoms with Gasteiger partial charge < -0.3 is 15.4 Å². The van der Waals surface area contributed by atoms with Gasteiger partial charge in [-0.2, -0.15) is 0 Å². The first kappa shape index (κ1) is 14.1. The Labute approximate surface area is 106 Å². The van der Waals surface area contributed by atoms with Gasteiger partial charge >= 0.3 is 0 Å². The molecule has 0 saturated carbocycles. The highest BCUT2D eigenvalue weighted by atomic mass is 32.1. The number of hydrogen-bond acceptors (Lipinski definition) is 5. The highest BCUT2D eigenvalue weighted by Gasteiger charge is 2.05. The average molecular weight is 257 g/mol. The van der Waals surface area contributed by atoms with Crippen LogP contribution in [0.2, 0.25) is 0 Å². The van der Waals surface area contributed by atoms with Crippen molar-refractivity contribution in [1.82, 2.24) is 15.6 Å². The summed E-state index contributed by atoms with van der Waals surface area (Å²) in [7, 11) is 1.61. The van der Waals surface area contributed by atoms with Gasteiger partial charge in [-0.1, -0.05) is 0 Å². The molecule has 0 aliphatic heterocycles. The van der Waals surface area contributed by atoms with E-state index in [2.05, 4.69) is 15.6 Å². The molecular formula is C11H19N3O2S. The van der Waals surface area contributed by atoms with Crippen molar-refractivity contribution >= 4 is 17.2 Å². The van der Waals surface area contributed by atoms with Gasteiger partial charge in [-0.05, 0) is 13.8 Å². The molecule has 1 amide bonds. The lowest BCUT2D eigenvalue weighted by Gasteiger charge is -2.05. The number of nitrogens with zero attached hydrogens (tertiary/aromatic N) is 1. The van der Waals surface area contributed by atoms with Crippen molar-refractivity contribution in [2.45, 2.75) is 20.4 Å². The number of thiazole rings is 1. The Balaban J connectivity index is 2.19. The van der Waals surface area contributed by atoms with E-state index in [0.717, 1.165) is 10.7 Å². The summed E-state index contributed by atoms with van der Waals surface area (Å²) in [5.41, 5.74) is 1.04. The van der Waals surface area contributed by atoms with E-state index in [1.165, 1.54) is 4.88 Å². The van der Waals surface area contributed by atoms with Crippen LogP contribution in [0, 0.1) is 13.8 Å². The third kappa shape index (κ3) is 5.25. The molecule has 2 N–H and O–H groups in total. The molecule has 0 unspecified atom stereocenters. The van der Waals surface area contributed by atoms with E-state index in [9.17, 15) is 4.79 Å². The van der Waals surface area contributed by atoms with Crippen LogP contribution in [0.15, 0.2) is 0 Å². The van der Waals surface area contributed by atoms with Crippen molar-refractivity contribution in [2.24, 2.45) is 0 Å². The number of aromatic nitrogens is 1. The van der Waals surface area contributed by atoms with Crippen LogP contribution in [-0.2, 0) is 16.1 Å². The number of carbonyl (C=O) groups is 1. The predicted molar refractivity (Wildman–Crippen MR) is 68.2 cm³/mol. The minimum absolute atomic E-state index is 0.0130. The quantitative estimate of drug-likeness (QED) is 0.703. The molecule has 0 aliphatic carbocycles. The Bertz CT molecular complexity index is 366. The molecule has 5 nitrogen and oxygen atoms in total. The summed E-state index contributed by atoms with van der Waals surface area (Å²) in [5, 5.41) is 6.91. The Morgan fingerprint density at radius 1 is 1.47 bits per heavy atom. The van der Waals surface area contributed by atoms with Crippen molar-refractivity contribution in [2.75, 3.05) is 26.8 Å². The minimum atomic E-state index is -0.0130. The van der Waals surface area contributed by atoms with Gasteiger partial charge in [0.2, 0.25) is 5.91 Å². The third-order valence-corrected chi connectivity index (χ3v) is 3.27. The maximum atomic E-state index is 11.4. The fourth-order valence-electron chi connectivity index (χ4n) is 1.38. The van der Waals surface area contributed by atoms with E-state index in [0.29, 0.717) is 26.2 Å². The SMILES string of the molecule is COCCNC(=O)CNCc1sc(C)nc1C. The second-order valence-corrected chi connectivity index (χ2v) is 4.98. The minimum Gasteiger partial charge on any atom is -0.383 e. The maximum Gasteiger partial charge on any atom is 0.234 e. The van der Waals surface area contributed by atoms with Gasteiger partial charge in [0.1, 0.15) is 0 Å². The molecule has 1 aromatic rings. The topological polar surface area (TPSA) is 63.2 Å². The highest BCUT2D eigenvalue weighted by Crippen LogP contribution is 2.16. The van der Waals surface area contributed by atoms with E-state index in [1.807, 2.05) is 13.8 Å². The maximum absolute atomic E-state index is 11.4. The van der Waals surface area contributed by atoms with Crippen LogP contribution in [0.3, 0.4) is 0 Å². The number of hydrogen-bond donors (Lipinski definition) is 2. The fourth-order valence-corrected chi connectivity index (χ4v) is 2.29. The molecule has 0 radical (unpaired) electrons. The number of methoxy groups -OCH3 is 1. The zero-order valence-electron chi connectivity index (χ0n) is 10.5. The molecule has 1 heterocycles. The second kappa shape index (κ2) is 7.37. The molecule has 0 spiro atoms. The lowest BCUT2D eigenvalue weighted by molar-refractivity contribution is -0.120. The van der Waals surface area contributed by atoms with Crippen molar-refractivity contribution in [1.29, 1.82) is 0 Å². The number of carbonyl (C=O) groups excluding carboxylic acids is 1. The number of aryl methyl sites for hydroxylation is 2. The first-order valence-corrected chi connectivity index (χ1v) is 6.34. The number of ether oxygens (including phenoxy) is 1. The van der Waals surface area contributed by atoms with E-state index in [-0.39, 0.29) is 5.91 Å². The monoisotopic (exact) mass is 257 g/mol. The molecule has 0 bridgehead atoms. The van der Waals surface area contributed by atoms with Crippen LogP contribution >= 0.6 is 11.3 Å². The van der Waals surface area contributed by atoms with Crippen LogP contribution in [0.1, 0.15) is 15.6 Å². The van der Waals surface area contributed by atoms with Crippen LogP contribution in [0.5, 0.6) is 0 Å². The standard InChI is InChI=1S/C11H19N3O2S/c1-8-10(17-9(2)14-8)6-12-7-11(15)13-4-5-16-3/h12H,4-7H2,1-3H3,(H,13,15). The zero-order valence-corrected chi connectivity index (χ0v) is 11.3. The molecule has 0 aliphatic rings. The van der Waals surface area contributed by atoms with Crippen LogP contribution in [-0.4, -0.2) is 37.7 Å². The van der Waals surface area contributed by atoms with Crippen molar-refractivity contribution in [3.8, 4) is 0 Å². The van der Waals surface area contributed by atoms with Gasteiger partial charge in [0, 0.05) is 25.1 Å². The normalized spacial score (nSPS) is 10.5. The van der Waals surface area contributed by atoms with Crippen molar-refractivity contribution < 1.29 is 9.53 Å². The Morgan fingerprint density at radius 3 is 2.82 bits per heavy atom. The summed E-state index contributed by atoms with van der Waals surface area (Å²) in [6, 6.07) is 0. The first-order valence-electron chi connectivity index (χ1n) is 5.52. The molecule has 0 atom stereocenters. The second-order valence-electron chi connectivity index (χ2n) is 3.69. The average Bonchev–Trinajstić information content (AvgIpc) is 2.58. The largest absolute Gasteiger partial charge is 0.383 e. The van der Waals surface area contributed by atoms with Crippen LogP contribution in [0.25, 0.3) is 0 Å². The van der Waals surface area contributed by atoms with E-state index in [4.69, 9.17) is 4.74 Å². The van der Waals surface area contributed by atoms with Crippen molar-refractivity contribution in [3.05, 3.63) is 15.6 Å². The van der Waals surface area contributed by atoms with E-state index >= 15 is 0 Å². The summed E-state index contributed by atoms with van der Waals surface area (Å²) in [6.45, 7) is 6.07. The lowest BCUT2D eigenvalue weighted by atomic mass is 10.4.